The van der Waals surface area contributed by atoms with Crippen LogP contribution >= 0.6 is 0 Å². The van der Waals surface area contributed by atoms with Crippen LogP contribution in [0.3, 0.4) is 0 Å². The molecule has 3 rings (SSSR count). The smallest absolute Gasteiger partial charge is 0.270 e. The van der Waals surface area contributed by atoms with Gasteiger partial charge in [0.2, 0.25) is 0 Å². The molecule has 1 aliphatic heterocycles. The maximum Gasteiger partial charge on any atom is 0.270 e. The zero-order valence-electron chi connectivity index (χ0n) is 17.0. The molecule has 6 nitrogen and oxygen atoms in total. The number of rotatable bonds is 5. The molecule has 1 saturated heterocycles. The van der Waals surface area contributed by atoms with E-state index in [-0.39, 0.29) is 10.8 Å². The minimum Gasteiger partial charge on any atom is -0.343 e. The molecule has 0 radical (unpaired) electrons. The number of aromatic nitrogens is 1. The van der Waals surface area contributed by atoms with Crippen molar-refractivity contribution in [1.82, 2.24) is 9.47 Å². The second kappa shape index (κ2) is 7.99. The normalized spacial score (nSPS) is 15.6. The van der Waals surface area contributed by atoms with E-state index in [2.05, 4.69) is 11.6 Å². The highest BCUT2D eigenvalue weighted by Crippen LogP contribution is 2.25. The van der Waals surface area contributed by atoms with Crippen molar-refractivity contribution in [2.24, 2.45) is 13.0 Å². The molecule has 1 N–H and O–H groups in total. The third-order valence-corrected chi connectivity index (χ3v) is 7.18. The molecule has 1 aromatic heterocycles. The van der Waals surface area contributed by atoms with Gasteiger partial charge in [-0.3, -0.25) is 9.52 Å². The van der Waals surface area contributed by atoms with Gasteiger partial charge >= 0.3 is 0 Å². The summed E-state index contributed by atoms with van der Waals surface area (Å²) in [6, 6.07) is 8.83. The van der Waals surface area contributed by atoms with Crippen LogP contribution in [0.1, 0.15) is 48.4 Å². The van der Waals surface area contributed by atoms with E-state index in [1.807, 2.05) is 24.0 Å². The third-order valence-electron chi connectivity index (χ3n) is 5.68. The van der Waals surface area contributed by atoms with Gasteiger partial charge in [-0.15, -0.1) is 0 Å². The standard InChI is InChI=1S/C21H29N3O3S/c1-5-17-6-8-18(9-7-17)22-28(26,27)20-14-19(23(4)16(20)3)21(25)24-12-10-15(2)11-13-24/h6-9,14-15,22H,5,10-13H2,1-4H3. The van der Waals surface area contributed by atoms with Crippen LogP contribution in [0.15, 0.2) is 35.2 Å². The van der Waals surface area contributed by atoms with Crippen LogP contribution in [-0.2, 0) is 23.5 Å². The van der Waals surface area contributed by atoms with Crippen molar-refractivity contribution >= 4 is 21.6 Å². The van der Waals surface area contributed by atoms with Gasteiger partial charge in [-0.25, -0.2) is 8.42 Å². The van der Waals surface area contributed by atoms with Crippen LogP contribution in [0.4, 0.5) is 5.69 Å². The molecule has 0 unspecified atom stereocenters. The highest BCUT2D eigenvalue weighted by molar-refractivity contribution is 7.92. The first-order valence-electron chi connectivity index (χ1n) is 9.80. The largest absolute Gasteiger partial charge is 0.343 e. The van der Waals surface area contributed by atoms with Gasteiger partial charge < -0.3 is 9.47 Å². The molecular weight excluding hydrogens is 374 g/mol. The fourth-order valence-electron chi connectivity index (χ4n) is 3.54. The van der Waals surface area contributed by atoms with Gasteiger partial charge in [-0.1, -0.05) is 26.0 Å². The van der Waals surface area contributed by atoms with Gasteiger partial charge in [0.1, 0.15) is 10.6 Å². The van der Waals surface area contributed by atoms with Gasteiger partial charge in [-0.05, 0) is 55.9 Å². The van der Waals surface area contributed by atoms with E-state index >= 15 is 0 Å². The number of nitrogens with one attached hydrogen (secondary N) is 1. The van der Waals surface area contributed by atoms with Gasteiger partial charge in [0.15, 0.2) is 0 Å². The van der Waals surface area contributed by atoms with Crippen LogP contribution in [0.25, 0.3) is 0 Å². The molecule has 1 aliphatic rings. The first kappa shape index (κ1) is 20.5. The van der Waals surface area contributed by atoms with Gasteiger partial charge in [-0.2, -0.15) is 0 Å². The zero-order chi connectivity index (χ0) is 20.5. The molecule has 0 atom stereocenters. The maximum absolute atomic E-state index is 12.9. The average Bonchev–Trinajstić information content (AvgIpc) is 2.98. The molecule has 0 saturated carbocycles. The molecule has 7 heteroatoms. The first-order chi connectivity index (χ1) is 13.2. The number of hydrogen-bond donors (Lipinski definition) is 1. The number of hydrogen-bond acceptors (Lipinski definition) is 3. The number of carbonyl (C=O) groups excluding carboxylic acids is 1. The number of benzene rings is 1. The Hall–Kier alpha value is -2.28. The van der Waals surface area contributed by atoms with Crippen LogP contribution < -0.4 is 4.72 Å². The van der Waals surface area contributed by atoms with Crippen molar-refractivity contribution in [3.05, 3.63) is 47.3 Å². The lowest BCUT2D eigenvalue weighted by Gasteiger charge is -2.30. The van der Waals surface area contributed by atoms with E-state index < -0.39 is 10.0 Å². The summed E-state index contributed by atoms with van der Waals surface area (Å²) >= 11 is 0. The summed E-state index contributed by atoms with van der Waals surface area (Å²) in [4.78, 5) is 14.9. The lowest BCUT2D eigenvalue weighted by molar-refractivity contribution is 0.0687. The fourth-order valence-corrected chi connectivity index (χ4v) is 4.89. The van der Waals surface area contributed by atoms with Gasteiger partial charge in [0.25, 0.3) is 15.9 Å². The lowest BCUT2D eigenvalue weighted by atomic mass is 9.99. The van der Waals surface area contributed by atoms with E-state index in [1.165, 1.54) is 6.07 Å². The molecule has 1 fully saturated rings. The number of piperidine rings is 1. The van der Waals surface area contributed by atoms with E-state index in [9.17, 15) is 13.2 Å². The summed E-state index contributed by atoms with van der Waals surface area (Å²) in [5.41, 5.74) is 2.61. The average molecular weight is 404 g/mol. The second-order valence-electron chi connectivity index (χ2n) is 7.67. The lowest BCUT2D eigenvalue weighted by Crippen LogP contribution is -2.38. The first-order valence-corrected chi connectivity index (χ1v) is 11.3. The summed E-state index contributed by atoms with van der Waals surface area (Å²) < 4.78 is 30.2. The summed E-state index contributed by atoms with van der Waals surface area (Å²) in [5, 5.41) is 0. The monoisotopic (exact) mass is 403 g/mol. The molecule has 0 spiro atoms. The Morgan fingerprint density at radius 1 is 1.18 bits per heavy atom. The van der Waals surface area contributed by atoms with E-state index in [0.29, 0.717) is 36.1 Å². The molecule has 1 amide bonds. The number of nitrogens with zero attached hydrogens (tertiary/aromatic N) is 2. The Labute approximate surface area is 167 Å². The van der Waals surface area contributed by atoms with Crippen molar-refractivity contribution in [3.63, 3.8) is 0 Å². The van der Waals surface area contributed by atoms with Gasteiger partial charge in [0, 0.05) is 31.5 Å². The Morgan fingerprint density at radius 2 is 1.79 bits per heavy atom. The topological polar surface area (TPSA) is 71.4 Å². The molecule has 152 valence electrons. The Balaban J connectivity index is 1.85. The Kier molecular flexibility index (Phi) is 5.84. The molecule has 2 aromatic rings. The van der Waals surface area contributed by atoms with E-state index in [1.54, 1.807) is 30.7 Å². The van der Waals surface area contributed by atoms with Crippen molar-refractivity contribution in [2.75, 3.05) is 17.8 Å². The Morgan fingerprint density at radius 3 is 2.36 bits per heavy atom. The minimum absolute atomic E-state index is 0.105. The third kappa shape index (κ3) is 4.09. The summed E-state index contributed by atoms with van der Waals surface area (Å²) in [6.07, 6.45) is 2.86. The van der Waals surface area contributed by atoms with Crippen LogP contribution in [0, 0.1) is 12.8 Å². The van der Waals surface area contributed by atoms with E-state index in [0.717, 1.165) is 24.8 Å². The fraction of sp³-hybridized carbons (Fsp3) is 0.476. The Bertz CT molecular complexity index is 954. The van der Waals surface area contributed by atoms with E-state index in [4.69, 9.17) is 0 Å². The molecular formula is C21H29N3O3S. The SMILES string of the molecule is CCc1ccc(NS(=O)(=O)c2cc(C(=O)N3CCC(C)CC3)n(C)c2C)cc1. The van der Waals surface area contributed by atoms with Crippen molar-refractivity contribution in [3.8, 4) is 0 Å². The van der Waals surface area contributed by atoms with Crippen molar-refractivity contribution in [2.45, 2.75) is 44.9 Å². The second-order valence-corrected chi connectivity index (χ2v) is 9.32. The number of sulfonamides is 1. The molecule has 1 aromatic carbocycles. The summed E-state index contributed by atoms with van der Waals surface area (Å²) in [5.74, 6) is 0.518. The van der Waals surface area contributed by atoms with Crippen LogP contribution in [0.2, 0.25) is 0 Å². The summed E-state index contributed by atoms with van der Waals surface area (Å²) in [6.45, 7) is 7.40. The number of likely N-dealkylation sites (tertiary alicyclic amines) is 1. The number of aryl methyl sites for hydroxylation is 1. The highest BCUT2D eigenvalue weighted by atomic mass is 32.2. The predicted molar refractivity (Wildman–Crippen MR) is 111 cm³/mol. The number of amides is 1. The van der Waals surface area contributed by atoms with Crippen LogP contribution in [-0.4, -0.2) is 36.9 Å². The van der Waals surface area contributed by atoms with Crippen molar-refractivity contribution in [1.29, 1.82) is 0 Å². The van der Waals surface area contributed by atoms with Gasteiger partial charge in [0.05, 0.1) is 0 Å². The van der Waals surface area contributed by atoms with Crippen molar-refractivity contribution < 1.29 is 13.2 Å². The predicted octanol–water partition coefficient (Wildman–Crippen LogP) is 3.57. The molecule has 28 heavy (non-hydrogen) atoms. The summed E-state index contributed by atoms with van der Waals surface area (Å²) in [7, 11) is -2.04. The zero-order valence-corrected chi connectivity index (χ0v) is 17.8. The van der Waals surface area contributed by atoms with Crippen LogP contribution in [0.5, 0.6) is 0 Å². The minimum atomic E-state index is -3.78. The molecule has 2 heterocycles. The molecule has 0 aliphatic carbocycles. The highest BCUT2D eigenvalue weighted by Gasteiger charge is 2.28. The maximum atomic E-state index is 12.9. The molecule has 0 bridgehead atoms. The number of carbonyl (C=O) groups is 1. The number of anilines is 1. The quantitative estimate of drug-likeness (QED) is 0.830.